The Morgan fingerprint density at radius 2 is 2.11 bits per heavy atom. The molecule has 4 heteroatoms. The first-order chi connectivity index (χ1) is 8.54. The SMILES string of the molecule is CCNc1nc2c(Br)ccc(F)c2cc1C(C)C. The van der Waals surface area contributed by atoms with Gasteiger partial charge in [0.1, 0.15) is 11.6 Å². The van der Waals surface area contributed by atoms with Crippen molar-refractivity contribution in [2.75, 3.05) is 11.9 Å². The minimum absolute atomic E-state index is 0.231. The lowest BCUT2D eigenvalue weighted by Gasteiger charge is -2.15. The zero-order chi connectivity index (χ0) is 13.3. The molecule has 0 aliphatic carbocycles. The van der Waals surface area contributed by atoms with Crippen LogP contribution in [0.25, 0.3) is 10.9 Å². The molecule has 0 bridgehead atoms. The highest BCUT2D eigenvalue weighted by Crippen LogP contribution is 2.31. The van der Waals surface area contributed by atoms with Crippen molar-refractivity contribution >= 4 is 32.7 Å². The molecule has 0 atom stereocenters. The van der Waals surface area contributed by atoms with Crippen LogP contribution >= 0.6 is 15.9 Å². The van der Waals surface area contributed by atoms with E-state index in [1.807, 2.05) is 13.0 Å². The van der Waals surface area contributed by atoms with Crippen LogP contribution < -0.4 is 5.32 Å². The van der Waals surface area contributed by atoms with E-state index in [4.69, 9.17) is 0 Å². The first-order valence-electron chi connectivity index (χ1n) is 6.07. The lowest BCUT2D eigenvalue weighted by molar-refractivity contribution is 0.639. The topological polar surface area (TPSA) is 24.9 Å². The second kappa shape index (κ2) is 5.22. The number of nitrogens with one attached hydrogen (secondary N) is 1. The van der Waals surface area contributed by atoms with Gasteiger partial charge in [0.25, 0.3) is 0 Å². The molecule has 96 valence electrons. The van der Waals surface area contributed by atoms with Crippen LogP contribution in [0.4, 0.5) is 10.2 Å². The van der Waals surface area contributed by atoms with Crippen LogP contribution in [0.2, 0.25) is 0 Å². The van der Waals surface area contributed by atoms with E-state index in [0.717, 1.165) is 22.4 Å². The van der Waals surface area contributed by atoms with Crippen LogP contribution in [0.15, 0.2) is 22.7 Å². The van der Waals surface area contributed by atoms with E-state index in [1.165, 1.54) is 6.07 Å². The smallest absolute Gasteiger partial charge is 0.132 e. The molecule has 2 aromatic rings. The molecule has 1 heterocycles. The van der Waals surface area contributed by atoms with Gasteiger partial charge in [-0.05, 0) is 52.5 Å². The molecular weight excluding hydrogens is 295 g/mol. The van der Waals surface area contributed by atoms with Gasteiger partial charge in [0.2, 0.25) is 0 Å². The second-order valence-corrected chi connectivity index (χ2v) is 5.39. The highest BCUT2D eigenvalue weighted by Gasteiger charge is 2.13. The van der Waals surface area contributed by atoms with Crippen molar-refractivity contribution < 1.29 is 4.39 Å². The molecule has 0 spiro atoms. The third-order valence-electron chi connectivity index (χ3n) is 2.88. The highest BCUT2D eigenvalue weighted by atomic mass is 79.9. The zero-order valence-electron chi connectivity index (χ0n) is 10.7. The number of halogens is 2. The van der Waals surface area contributed by atoms with Gasteiger partial charge in [-0.3, -0.25) is 0 Å². The van der Waals surface area contributed by atoms with E-state index in [0.29, 0.717) is 16.8 Å². The molecular formula is C14H16BrFN2. The van der Waals surface area contributed by atoms with Crippen LogP contribution in [0.5, 0.6) is 0 Å². The van der Waals surface area contributed by atoms with Gasteiger partial charge in [-0.15, -0.1) is 0 Å². The van der Waals surface area contributed by atoms with Crippen LogP contribution in [0.1, 0.15) is 32.3 Å². The second-order valence-electron chi connectivity index (χ2n) is 4.54. The first kappa shape index (κ1) is 13.3. The van der Waals surface area contributed by atoms with Gasteiger partial charge >= 0.3 is 0 Å². The molecule has 0 unspecified atom stereocenters. The summed E-state index contributed by atoms with van der Waals surface area (Å²) in [5, 5.41) is 3.81. The lowest BCUT2D eigenvalue weighted by Crippen LogP contribution is -2.05. The molecule has 2 rings (SSSR count). The number of aromatic nitrogens is 1. The molecule has 2 nitrogen and oxygen atoms in total. The molecule has 0 saturated heterocycles. The fourth-order valence-electron chi connectivity index (χ4n) is 1.96. The Morgan fingerprint density at radius 3 is 2.72 bits per heavy atom. The summed E-state index contributed by atoms with van der Waals surface area (Å²) in [5.41, 5.74) is 1.71. The Labute approximate surface area is 115 Å². The molecule has 0 aliphatic rings. The molecule has 0 aliphatic heterocycles. The summed E-state index contributed by atoms with van der Waals surface area (Å²) in [7, 11) is 0. The monoisotopic (exact) mass is 310 g/mol. The molecule has 1 aromatic heterocycles. The fraction of sp³-hybridized carbons (Fsp3) is 0.357. The Kier molecular flexibility index (Phi) is 3.85. The normalized spacial score (nSPS) is 11.2. The van der Waals surface area contributed by atoms with Gasteiger partial charge in [0.05, 0.1) is 5.52 Å². The van der Waals surface area contributed by atoms with Crippen molar-refractivity contribution in [3.8, 4) is 0 Å². The van der Waals surface area contributed by atoms with Gasteiger partial charge in [0, 0.05) is 16.4 Å². The molecule has 1 aromatic carbocycles. The Morgan fingerprint density at radius 1 is 1.39 bits per heavy atom. The first-order valence-corrected chi connectivity index (χ1v) is 6.86. The van der Waals surface area contributed by atoms with Crippen LogP contribution in [0.3, 0.4) is 0 Å². The number of nitrogens with zero attached hydrogens (tertiary/aromatic N) is 1. The minimum atomic E-state index is -0.231. The van der Waals surface area contributed by atoms with Gasteiger partial charge in [-0.25, -0.2) is 9.37 Å². The van der Waals surface area contributed by atoms with Crippen LogP contribution in [-0.2, 0) is 0 Å². The summed E-state index contributed by atoms with van der Waals surface area (Å²) in [6.07, 6.45) is 0. The lowest BCUT2D eigenvalue weighted by atomic mass is 10.0. The van der Waals surface area contributed by atoms with Crippen molar-refractivity contribution in [2.45, 2.75) is 26.7 Å². The third kappa shape index (κ3) is 2.34. The predicted octanol–water partition coefficient (Wildman–Crippen LogP) is 4.69. The number of hydrogen-bond acceptors (Lipinski definition) is 2. The molecule has 0 fully saturated rings. The van der Waals surface area contributed by atoms with E-state index in [2.05, 4.69) is 40.1 Å². The molecule has 0 saturated carbocycles. The van der Waals surface area contributed by atoms with E-state index in [1.54, 1.807) is 6.07 Å². The number of anilines is 1. The van der Waals surface area contributed by atoms with Crippen molar-refractivity contribution in [1.29, 1.82) is 0 Å². The Balaban J connectivity index is 2.75. The zero-order valence-corrected chi connectivity index (χ0v) is 12.3. The summed E-state index contributed by atoms with van der Waals surface area (Å²) >= 11 is 3.42. The highest BCUT2D eigenvalue weighted by molar-refractivity contribution is 9.10. The number of pyridine rings is 1. The molecule has 18 heavy (non-hydrogen) atoms. The van der Waals surface area contributed by atoms with E-state index >= 15 is 0 Å². The van der Waals surface area contributed by atoms with Gasteiger partial charge in [0.15, 0.2) is 0 Å². The predicted molar refractivity (Wildman–Crippen MR) is 77.7 cm³/mol. The summed E-state index contributed by atoms with van der Waals surface area (Å²) in [5.74, 6) is 0.909. The standard InChI is InChI=1S/C14H16BrFN2/c1-4-17-14-9(8(2)3)7-10-12(16)6-5-11(15)13(10)18-14/h5-8H,4H2,1-3H3,(H,17,18). The summed E-state index contributed by atoms with van der Waals surface area (Å²) in [4.78, 5) is 4.55. The number of rotatable bonds is 3. The average molecular weight is 311 g/mol. The maximum absolute atomic E-state index is 13.8. The third-order valence-corrected chi connectivity index (χ3v) is 3.52. The fourth-order valence-corrected chi connectivity index (χ4v) is 2.39. The maximum atomic E-state index is 13.8. The van der Waals surface area contributed by atoms with Crippen molar-refractivity contribution in [1.82, 2.24) is 4.98 Å². The number of hydrogen-bond donors (Lipinski definition) is 1. The number of benzene rings is 1. The Bertz CT molecular complexity index is 582. The van der Waals surface area contributed by atoms with E-state index in [9.17, 15) is 4.39 Å². The molecule has 0 radical (unpaired) electrons. The average Bonchev–Trinajstić information content (AvgIpc) is 2.34. The van der Waals surface area contributed by atoms with Crippen LogP contribution in [-0.4, -0.2) is 11.5 Å². The maximum Gasteiger partial charge on any atom is 0.132 e. The van der Waals surface area contributed by atoms with Gasteiger partial charge in [-0.1, -0.05) is 13.8 Å². The van der Waals surface area contributed by atoms with E-state index < -0.39 is 0 Å². The molecule has 0 amide bonds. The largest absolute Gasteiger partial charge is 0.370 e. The summed E-state index contributed by atoms with van der Waals surface area (Å²) < 4.78 is 14.7. The van der Waals surface area contributed by atoms with E-state index in [-0.39, 0.29) is 5.82 Å². The molecule has 1 N–H and O–H groups in total. The number of fused-ring (bicyclic) bond motifs is 1. The van der Waals surface area contributed by atoms with Crippen molar-refractivity contribution in [2.24, 2.45) is 0 Å². The quantitative estimate of drug-likeness (QED) is 0.889. The summed E-state index contributed by atoms with van der Waals surface area (Å²) in [6.45, 7) is 6.99. The van der Waals surface area contributed by atoms with Crippen molar-refractivity contribution in [3.63, 3.8) is 0 Å². The Hall–Kier alpha value is -1.16. The van der Waals surface area contributed by atoms with Crippen molar-refractivity contribution in [3.05, 3.63) is 34.1 Å². The van der Waals surface area contributed by atoms with Gasteiger partial charge < -0.3 is 5.32 Å². The summed E-state index contributed by atoms with van der Waals surface area (Å²) in [6, 6.07) is 5.05. The minimum Gasteiger partial charge on any atom is -0.370 e. The van der Waals surface area contributed by atoms with Crippen LogP contribution in [0, 0.1) is 5.82 Å². The van der Waals surface area contributed by atoms with Gasteiger partial charge in [-0.2, -0.15) is 0 Å².